The minimum Gasteiger partial charge on any atom is -0.374 e. The molecule has 2 saturated heterocycles. The highest BCUT2D eigenvalue weighted by Gasteiger charge is 2.52. The molecule has 0 unspecified atom stereocenters. The summed E-state index contributed by atoms with van der Waals surface area (Å²) in [5, 5.41) is 0. The average Bonchev–Trinajstić information content (AvgIpc) is 3.13. The van der Waals surface area contributed by atoms with Crippen LogP contribution in [0.15, 0.2) is 121 Å². The highest BCUT2D eigenvalue weighted by Crippen LogP contribution is 2.66. The van der Waals surface area contributed by atoms with E-state index in [0.717, 1.165) is 33.6 Å². The van der Waals surface area contributed by atoms with Crippen LogP contribution in [0.2, 0.25) is 0 Å². The Kier molecular flexibility index (Phi) is 12.8. The molecule has 0 aliphatic carbocycles. The van der Waals surface area contributed by atoms with Gasteiger partial charge in [0.15, 0.2) is 0 Å². The van der Waals surface area contributed by atoms with Crippen molar-refractivity contribution in [3.05, 3.63) is 144 Å². The summed E-state index contributed by atoms with van der Waals surface area (Å²) in [6.45, 7) is 2.58. The molecular weight excluding hydrogens is 659 g/mol. The van der Waals surface area contributed by atoms with Crippen molar-refractivity contribution < 1.29 is 37.3 Å². The van der Waals surface area contributed by atoms with Crippen LogP contribution in [0.5, 0.6) is 0 Å². The van der Waals surface area contributed by atoms with Gasteiger partial charge in [0.05, 0.1) is 46.2 Å². The van der Waals surface area contributed by atoms with E-state index in [2.05, 4.69) is 0 Å². The van der Waals surface area contributed by atoms with Crippen LogP contribution in [0, 0.1) is 5.41 Å². The molecule has 2 heterocycles. The topological polar surface area (TPSA) is 81.7 Å². The number of ether oxygens (including phenoxy) is 5. The van der Waals surface area contributed by atoms with E-state index in [1.54, 1.807) is 0 Å². The van der Waals surface area contributed by atoms with E-state index in [0.29, 0.717) is 33.0 Å². The van der Waals surface area contributed by atoms with Gasteiger partial charge in [0.25, 0.3) is 0 Å². The van der Waals surface area contributed by atoms with Crippen molar-refractivity contribution >= 4 is 18.2 Å². The standard InChI is InChI=1S/C39H45O8PS/c1-39(2)28-45-48(40,46-29-39)49-38-37(44-26-33-21-13-6-14-22-33)36(43-25-32-19-11-5-12-20-32)35(42-24-31-17-9-4-10-18-31)34(47-38)27-41-23-30-15-7-3-8-16-30/h3-22,34-38H,23-29H2,1-2H3/t34-,35-,36+,37+,38-/m1/s1. The van der Waals surface area contributed by atoms with Crippen molar-refractivity contribution in [2.75, 3.05) is 19.8 Å². The van der Waals surface area contributed by atoms with Crippen LogP contribution in [-0.2, 0) is 63.7 Å². The molecule has 4 aromatic rings. The van der Waals surface area contributed by atoms with Crippen LogP contribution >= 0.6 is 18.2 Å². The fraction of sp³-hybridized carbons (Fsp3) is 0.385. The van der Waals surface area contributed by atoms with Crippen molar-refractivity contribution in [3.8, 4) is 0 Å². The fourth-order valence-electron chi connectivity index (χ4n) is 5.61. The Bertz CT molecular complexity index is 1580. The Morgan fingerprint density at radius 2 is 1.02 bits per heavy atom. The van der Waals surface area contributed by atoms with Crippen LogP contribution in [0.4, 0.5) is 0 Å². The lowest BCUT2D eigenvalue weighted by atomic mass is 9.97. The van der Waals surface area contributed by atoms with Gasteiger partial charge in [-0.25, -0.2) is 4.57 Å². The first-order chi connectivity index (χ1) is 23.9. The second kappa shape index (κ2) is 17.4. The zero-order valence-electron chi connectivity index (χ0n) is 28.0. The molecule has 6 rings (SSSR count). The second-order valence-electron chi connectivity index (χ2n) is 13.1. The molecule has 2 fully saturated rings. The molecule has 0 saturated carbocycles. The van der Waals surface area contributed by atoms with Gasteiger partial charge in [0.2, 0.25) is 0 Å². The molecule has 0 N–H and O–H groups in total. The van der Waals surface area contributed by atoms with Gasteiger partial charge in [-0.2, -0.15) is 0 Å². The zero-order valence-corrected chi connectivity index (χ0v) is 29.7. The van der Waals surface area contributed by atoms with Gasteiger partial charge < -0.3 is 32.7 Å². The number of hydrogen-bond acceptors (Lipinski definition) is 9. The summed E-state index contributed by atoms with van der Waals surface area (Å²) in [6.07, 6.45) is -2.51. The van der Waals surface area contributed by atoms with Crippen LogP contribution in [0.25, 0.3) is 0 Å². The molecule has 0 spiro atoms. The van der Waals surface area contributed by atoms with E-state index in [4.69, 9.17) is 32.7 Å². The van der Waals surface area contributed by atoms with E-state index < -0.39 is 36.6 Å². The third kappa shape index (κ3) is 10.6. The second-order valence-corrected chi connectivity index (χ2v) is 17.2. The minimum absolute atomic E-state index is 0.209. The molecule has 0 bridgehead atoms. The summed E-state index contributed by atoms with van der Waals surface area (Å²) in [6, 6.07) is 39.9. The summed E-state index contributed by atoms with van der Waals surface area (Å²) in [7, 11) is 0. The third-order valence-corrected chi connectivity index (χ3v) is 12.1. The number of hydrogen-bond donors (Lipinski definition) is 0. The Morgan fingerprint density at radius 3 is 1.49 bits per heavy atom. The van der Waals surface area contributed by atoms with Crippen LogP contribution < -0.4 is 0 Å². The Balaban J connectivity index is 1.32. The van der Waals surface area contributed by atoms with Crippen molar-refractivity contribution in [3.63, 3.8) is 0 Å². The monoisotopic (exact) mass is 704 g/mol. The van der Waals surface area contributed by atoms with E-state index in [1.807, 2.05) is 135 Å². The number of rotatable bonds is 15. The smallest absolute Gasteiger partial charge is 0.374 e. The lowest BCUT2D eigenvalue weighted by Gasteiger charge is -2.46. The van der Waals surface area contributed by atoms with E-state index in [1.165, 1.54) is 0 Å². The summed E-state index contributed by atoms with van der Waals surface area (Å²) in [5.74, 6) is 0. The molecule has 10 heteroatoms. The molecule has 0 radical (unpaired) electrons. The Labute approximate surface area is 293 Å². The van der Waals surface area contributed by atoms with Crippen LogP contribution in [0.1, 0.15) is 36.1 Å². The lowest BCUT2D eigenvalue weighted by molar-refractivity contribution is -0.254. The summed E-state index contributed by atoms with van der Waals surface area (Å²) in [4.78, 5) is 0. The van der Waals surface area contributed by atoms with Gasteiger partial charge in [-0.15, -0.1) is 0 Å². The maximum absolute atomic E-state index is 14.1. The highest BCUT2D eigenvalue weighted by molar-refractivity contribution is 8.55. The molecule has 260 valence electrons. The molecule has 2 aliphatic rings. The van der Waals surface area contributed by atoms with Crippen molar-refractivity contribution in [2.45, 2.75) is 70.1 Å². The van der Waals surface area contributed by atoms with E-state index in [9.17, 15) is 4.57 Å². The van der Waals surface area contributed by atoms with Crippen molar-refractivity contribution in [2.24, 2.45) is 5.41 Å². The lowest BCUT2D eigenvalue weighted by Crippen LogP contribution is -2.60. The predicted octanol–water partition coefficient (Wildman–Crippen LogP) is 8.60. The molecule has 49 heavy (non-hydrogen) atoms. The van der Waals surface area contributed by atoms with Crippen LogP contribution in [0.3, 0.4) is 0 Å². The first-order valence-corrected chi connectivity index (χ1v) is 19.7. The van der Waals surface area contributed by atoms with Gasteiger partial charge in [0, 0.05) is 5.41 Å². The molecule has 5 atom stereocenters. The highest BCUT2D eigenvalue weighted by atomic mass is 32.7. The molecular formula is C39H45O8PS. The van der Waals surface area contributed by atoms with E-state index >= 15 is 0 Å². The molecule has 8 nitrogen and oxygen atoms in total. The molecule has 0 amide bonds. The zero-order chi connectivity index (χ0) is 33.9. The predicted molar refractivity (Wildman–Crippen MR) is 191 cm³/mol. The summed E-state index contributed by atoms with van der Waals surface area (Å²) >= 11 is 1.04. The summed E-state index contributed by atoms with van der Waals surface area (Å²) in [5.41, 5.74) is 3.02. The third-order valence-electron chi connectivity index (χ3n) is 8.30. The Hall–Kier alpha value is -2.82. The normalized spacial score (nSPS) is 24.7. The van der Waals surface area contributed by atoms with Gasteiger partial charge in [0.1, 0.15) is 29.9 Å². The molecule has 2 aliphatic heterocycles. The molecule has 4 aromatic carbocycles. The molecule has 0 aromatic heterocycles. The van der Waals surface area contributed by atoms with Crippen LogP contribution in [-0.4, -0.2) is 49.7 Å². The first kappa shape index (κ1) is 36.0. The van der Waals surface area contributed by atoms with Crippen molar-refractivity contribution in [1.82, 2.24) is 0 Å². The van der Waals surface area contributed by atoms with Crippen molar-refractivity contribution in [1.29, 1.82) is 0 Å². The quantitative estimate of drug-likeness (QED) is 0.113. The van der Waals surface area contributed by atoms with Gasteiger partial charge in [-0.1, -0.05) is 135 Å². The van der Waals surface area contributed by atoms with Gasteiger partial charge in [-0.05, 0) is 33.6 Å². The average molecular weight is 705 g/mol. The Morgan fingerprint density at radius 1 is 0.612 bits per heavy atom. The van der Waals surface area contributed by atoms with Gasteiger partial charge >= 0.3 is 6.80 Å². The summed E-state index contributed by atoms with van der Waals surface area (Å²) < 4.78 is 59.2. The SMILES string of the molecule is CC1(C)COP(=O)(S[C@H]2O[C@H](COCc3ccccc3)[C@@H](OCc3ccccc3)[C@H](OCc3ccccc3)[C@@H]2OCc2ccccc2)OC1. The maximum Gasteiger partial charge on any atom is 0.391 e. The maximum atomic E-state index is 14.1. The van der Waals surface area contributed by atoms with Gasteiger partial charge in [-0.3, -0.25) is 0 Å². The van der Waals surface area contributed by atoms with E-state index in [-0.39, 0.29) is 18.6 Å². The minimum atomic E-state index is -3.61. The number of benzene rings is 4. The first-order valence-electron chi connectivity index (χ1n) is 16.7. The fourth-order valence-corrected chi connectivity index (χ4v) is 9.57. The largest absolute Gasteiger partial charge is 0.391 e.